The predicted octanol–water partition coefficient (Wildman–Crippen LogP) is 2.99. The number of rotatable bonds is 4. The van der Waals surface area contributed by atoms with Crippen LogP contribution in [-0.4, -0.2) is 22.6 Å². The van der Waals surface area contributed by atoms with E-state index >= 15 is 0 Å². The van der Waals surface area contributed by atoms with Gasteiger partial charge in [0.25, 0.3) is 0 Å². The molecule has 0 bridgehead atoms. The second-order valence-corrected chi connectivity index (χ2v) is 5.14. The minimum Gasteiger partial charge on any atom is -0.481 e. The van der Waals surface area contributed by atoms with Gasteiger partial charge in [-0.05, 0) is 36.6 Å². The molecule has 112 valence electrons. The third-order valence-corrected chi connectivity index (χ3v) is 3.47. The molecule has 2 aromatic heterocycles. The molecule has 0 unspecified atom stereocenters. The van der Waals surface area contributed by atoms with Crippen LogP contribution in [0.15, 0.2) is 48.8 Å². The van der Waals surface area contributed by atoms with Gasteiger partial charge in [0.2, 0.25) is 11.8 Å². The topological polar surface area (TPSA) is 56.1 Å². The second-order valence-electron chi connectivity index (χ2n) is 5.14. The van der Waals surface area contributed by atoms with Crippen molar-refractivity contribution in [2.75, 3.05) is 12.4 Å². The number of nitrogens with one attached hydrogen (secondary N) is 1. The molecule has 1 amide bonds. The summed E-state index contributed by atoms with van der Waals surface area (Å²) in [5, 5.41) is 3.97. The van der Waals surface area contributed by atoms with Crippen LogP contribution < -0.4 is 10.1 Å². The van der Waals surface area contributed by atoms with E-state index in [4.69, 9.17) is 4.74 Å². The van der Waals surface area contributed by atoms with Gasteiger partial charge in [0.1, 0.15) is 6.54 Å². The van der Waals surface area contributed by atoms with Gasteiger partial charge in [0.15, 0.2) is 0 Å². The molecule has 0 spiro atoms. The summed E-state index contributed by atoms with van der Waals surface area (Å²) in [5.41, 5.74) is 2.91. The van der Waals surface area contributed by atoms with Crippen molar-refractivity contribution in [1.29, 1.82) is 0 Å². The van der Waals surface area contributed by atoms with Crippen LogP contribution in [-0.2, 0) is 11.3 Å². The molecule has 0 atom stereocenters. The average molecular weight is 295 g/mol. The van der Waals surface area contributed by atoms with Crippen molar-refractivity contribution in [3.63, 3.8) is 0 Å². The van der Waals surface area contributed by atoms with Crippen LogP contribution in [0.5, 0.6) is 5.88 Å². The van der Waals surface area contributed by atoms with E-state index in [0.717, 1.165) is 10.9 Å². The van der Waals surface area contributed by atoms with Crippen LogP contribution in [0.25, 0.3) is 10.9 Å². The number of methoxy groups -OCH3 is 1. The van der Waals surface area contributed by atoms with E-state index in [1.54, 1.807) is 25.4 Å². The largest absolute Gasteiger partial charge is 0.481 e. The molecule has 1 aromatic carbocycles. The molecule has 0 saturated heterocycles. The molecular weight excluding hydrogens is 278 g/mol. The Hall–Kier alpha value is -2.82. The molecule has 1 N–H and O–H groups in total. The van der Waals surface area contributed by atoms with Crippen LogP contribution in [0, 0.1) is 6.92 Å². The molecule has 22 heavy (non-hydrogen) atoms. The lowest BCUT2D eigenvalue weighted by Gasteiger charge is -2.08. The van der Waals surface area contributed by atoms with Crippen LogP contribution in [0.2, 0.25) is 0 Å². The quantitative estimate of drug-likeness (QED) is 0.805. The van der Waals surface area contributed by atoms with Crippen LogP contribution in [0.4, 0.5) is 5.69 Å². The summed E-state index contributed by atoms with van der Waals surface area (Å²) in [7, 11) is 1.56. The lowest BCUT2D eigenvalue weighted by Crippen LogP contribution is -2.18. The molecule has 3 aromatic rings. The predicted molar refractivity (Wildman–Crippen MR) is 86.1 cm³/mol. The smallest absolute Gasteiger partial charge is 0.244 e. The van der Waals surface area contributed by atoms with E-state index in [9.17, 15) is 4.79 Å². The van der Waals surface area contributed by atoms with E-state index in [1.165, 1.54) is 5.56 Å². The number of aryl methyl sites for hydroxylation is 1. The first kappa shape index (κ1) is 14.1. The van der Waals surface area contributed by atoms with Crippen molar-refractivity contribution in [3.05, 3.63) is 54.4 Å². The van der Waals surface area contributed by atoms with Crippen molar-refractivity contribution in [1.82, 2.24) is 9.55 Å². The molecule has 3 rings (SSSR count). The minimum absolute atomic E-state index is 0.0926. The molecule has 0 saturated carbocycles. The fourth-order valence-electron chi connectivity index (χ4n) is 2.39. The van der Waals surface area contributed by atoms with Crippen molar-refractivity contribution < 1.29 is 9.53 Å². The Kier molecular flexibility index (Phi) is 3.78. The van der Waals surface area contributed by atoms with Crippen molar-refractivity contribution >= 4 is 22.5 Å². The summed E-state index contributed by atoms with van der Waals surface area (Å²) in [4.78, 5) is 16.2. The summed E-state index contributed by atoms with van der Waals surface area (Å²) in [6.45, 7) is 2.32. The summed E-state index contributed by atoms with van der Waals surface area (Å²) in [6.07, 6.45) is 3.50. The zero-order valence-electron chi connectivity index (χ0n) is 12.5. The number of benzene rings is 1. The molecule has 0 aliphatic rings. The highest BCUT2D eigenvalue weighted by Gasteiger charge is 2.07. The number of anilines is 1. The van der Waals surface area contributed by atoms with Gasteiger partial charge in [-0.2, -0.15) is 0 Å². The average Bonchev–Trinajstić information content (AvgIpc) is 2.90. The van der Waals surface area contributed by atoms with Gasteiger partial charge in [-0.1, -0.05) is 11.6 Å². The Bertz CT molecular complexity index is 806. The lowest BCUT2D eigenvalue weighted by atomic mass is 10.2. The van der Waals surface area contributed by atoms with Gasteiger partial charge in [-0.15, -0.1) is 0 Å². The molecular formula is C17H17N3O2. The number of ether oxygens (including phenoxy) is 1. The first-order valence-corrected chi connectivity index (χ1v) is 7.01. The number of carbonyl (C=O) groups is 1. The van der Waals surface area contributed by atoms with E-state index in [0.29, 0.717) is 11.6 Å². The Balaban J connectivity index is 1.72. The summed E-state index contributed by atoms with van der Waals surface area (Å²) in [6, 6.07) is 11.7. The van der Waals surface area contributed by atoms with Crippen LogP contribution in [0.1, 0.15) is 5.56 Å². The first-order chi connectivity index (χ1) is 10.7. The Morgan fingerprint density at radius 3 is 2.86 bits per heavy atom. The summed E-state index contributed by atoms with van der Waals surface area (Å²) >= 11 is 0. The van der Waals surface area contributed by atoms with Crippen LogP contribution in [0.3, 0.4) is 0 Å². The second kappa shape index (κ2) is 5.89. The van der Waals surface area contributed by atoms with Crippen molar-refractivity contribution in [2.24, 2.45) is 0 Å². The number of carbonyl (C=O) groups excluding carboxylic acids is 1. The Morgan fingerprint density at radius 2 is 2.14 bits per heavy atom. The van der Waals surface area contributed by atoms with E-state index in [-0.39, 0.29) is 12.5 Å². The Morgan fingerprint density at radius 1 is 1.27 bits per heavy atom. The number of aromatic nitrogens is 2. The maximum absolute atomic E-state index is 12.2. The monoisotopic (exact) mass is 295 g/mol. The maximum Gasteiger partial charge on any atom is 0.244 e. The fourth-order valence-corrected chi connectivity index (χ4v) is 2.39. The molecule has 5 heteroatoms. The number of amides is 1. The zero-order chi connectivity index (χ0) is 15.5. The molecule has 0 aliphatic heterocycles. The summed E-state index contributed by atoms with van der Waals surface area (Å²) in [5.74, 6) is 0.426. The number of nitrogens with zero attached hydrogens (tertiary/aromatic N) is 2. The number of pyridine rings is 1. The third kappa shape index (κ3) is 2.93. The van der Waals surface area contributed by atoms with Gasteiger partial charge >= 0.3 is 0 Å². The highest BCUT2D eigenvalue weighted by Crippen LogP contribution is 2.17. The standard InChI is InChI=1S/C17H17N3O2/c1-12-3-5-15-13(9-12)7-8-20(15)11-16(21)19-14-4-6-17(22-2)18-10-14/h3-10H,11H2,1-2H3,(H,19,21). The highest BCUT2D eigenvalue weighted by molar-refractivity contribution is 5.92. The minimum atomic E-state index is -0.0926. The Labute approximate surface area is 128 Å². The third-order valence-electron chi connectivity index (χ3n) is 3.47. The fraction of sp³-hybridized carbons (Fsp3) is 0.176. The number of hydrogen-bond donors (Lipinski definition) is 1. The lowest BCUT2D eigenvalue weighted by molar-refractivity contribution is -0.116. The number of fused-ring (bicyclic) bond motifs is 1. The normalized spacial score (nSPS) is 10.6. The van der Waals surface area contributed by atoms with Gasteiger partial charge in [-0.3, -0.25) is 4.79 Å². The SMILES string of the molecule is COc1ccc(NC(=O)Cn2ccc3cc(C)ccc32)cn1. The molecule has 2 heterocycles. The van der Waals surface area contributed by atoms with Crippen molar-refractivity contribution in [3.8, 4) is 5.88 Å². The van der Waals surface area contributed by atoms with Gasteiger partial charge in [0.05, 0.1) is 19.0 Å². The van der Waals surface area contributed by atoms with Crippen LogP contribution >= 0.6 is 0 Å². The molecule has 0 aliphatic carbocycles. The molecule has 0 fully saturated rings. The van der Waals surface area contributed by atoms with Gasteiger partial charge in [0, 0.05) is 17.8 Å². The van der Waals surface area contributed by atoms with Gasteiger partial charge < -0.3 is 14.6 Å². The summed E-state index contributed by atoms with van der Waals surface area (Å²) < 4.78 is 6.92. The van der Waals surface area contributed by atoms with E-state index in [2.05, 4.69) is 23.3 Å². The first-order valence-electron chi connectivity index (χ1n) is 7.01. The number of hydrogen-bond acceptors (Lipinski definition) is 3. The zero-order valence-corrected chi connectivity index (χ0v) is 12.5. The highest BCUT2D eigenvalue weighted by atomic mass is 16.5. The molecule has 0 radical (unpaired) electrons. The van der Waals surface area contributed by atoms with Gasteiger partial charge in [-0.25, -0.2) is 4.98 Å². The maximum atomic E-state index is 12.2. The van der Waals surface area contributed by atoms with Crippen molar-refractivity contribution in [2.45, 2.75) is 13.5 Å². The van der Waals surface area contributed by atoms with E-state index in [1.807, 2.05) is 29.0 Å². The van der Waals surface area contributed by atoms with E-state index < -0.39 is 0 Å². The molecule has 5 nitrogen and oxygen atoms in total.